The van der Waals surface area contributed by atoms with E-state index in [1.54, 1.807) is 0 Å². The van der Waals surface area contributed by atoms with Gasteiger partial charge in [-0.2, -0.15) is 0 Å². The molecule has 0 aliphatic carbocycles. The zero-order valence-electron chi connectivity index (χ0n) is 31.8. The van der Waals surface area contributed by atoms with Crippen molar-refractivity contribution in [1.29, 1.82) is 0 Å². The van der Waals surface area contributed by atoms with Crippen molar-refractivity contribution >= 4 is 11.9 Å². The molecule has 0 spiro atoms. The van der Waals surface area contributed by atoms with Crippen LogP contribution in [0.1, 0.15) is 180 Å². The number of rotatable bonds is 28. The van der Waals surface area contributed by atoms with E-state index in [-0.39, 0.29) is 18.5 Å². The summed E-state index contributed by atoms with van der Waals surface area (Å²) in [7, 11) is 1.51. The number of methoxy groups -OCH3 is 1. The lowest BCUT2D eigenvalue weighted by molar-refractivity contribution is -0.359. The SMILES string of the molecule is CCCCCCCCCCCCCC(=O)O[C@@H]1[C@@H](OC(=O)CCCCCCCCCCCCC)[C@H](OC)O[C@@H]2CO[C@@H](c3ccccc3)O[C@@H]12. The molecule has 2 saturated heterocycles. The van der Waals surface area contributed by atoms with Gasteiger partial charge in [0.15, 0.2) is 24.8 Å². The Hall–Kier alpha value is -2.00. The molecule has 0 N–H and O–H groups in total. The Balaban J connectivity index is 1.49. The van der Waals surface area contributed by atoms with Crippen LogP contribution in [-0.2, 0) is 38.0 Å². The Labute approximate surface area is 304 Å². The van der Waals surface area contributed by atoms with E-state index in [2.05, 4.69) is 13.8 Å². The summed E-state index contributed by atoms with van der Waals surface area (Å²) >= 11 is 0. The lowest BCUT2D eigenvalue weighted by Gasteiger charge is -2.47. The van der Waals surface area contributed by atoms with Crippen LogP contribution in [0.5, 0.6) is 0 Å². The summed E-state index contributed by atoms with van der Waals surface area (Å²) in [5, 5.41) is 0. The van der Waals surface area contributed by atoms with Gasteiger partial charge in [0.25, 0.3) is 0 Å². The Bertz CT molecular complexity index is 1000. The molecule has 2 heterocycles. The number of ether oxygens (including phenoxy) is 6. The molecule has 0 aromatic heterocycles. The van der Waals surface area contributed by atoms with Crippen LogP contribution in [0.4, 0.5) is 0 Å². The fourth-order valence-corrected chi connectivity index (χ4v) is 7.06. The van der Waals surface area contributed by atoms with E-state index in [4.69, 9.17) is 28.4 Å². The van der Waals surface area contributed by atoms with Crippen molar-refractivity contribution in [3.8, 4) is 0 Å². The van der Waals surface area contributed by atoms with Gasteiger partial charge in [-0.3, -0.25) is 9.59 Å². The first-order valence-corrected chi connectivity index (χ1v) is 20.5. The minimum absolute atomic E-state index is 0.232. The second kappa shape index (κ2) is 26.7. The van der Waals surface area contributed by atoms with E-state index < -0.39 is 37.0 Å². The van der Waals surface area contributed by atoms with Crippen LogP contribution < -0.4 is 0 Å². The topological polar surface area (TPSA) is 89.5 Å². The largest absolute Gasteiger partial charge is 0.455 e. The smallest absolute Gasteiger partial charge is 0.306 e. The first-order chi connectivity index (χ1) is 24.6. The van der Waals surface area contributed by atoms with Crippen LogP contribution in [0.2, 0.25) is 0 Å². The van der Waals surface area contributed by atoms with Gasteiger partial charge < -0.3 is 28.4 Å². The van der Waals surface area contributed by atoms with Crippen LogP contribution in [0.15, 0.2) is 30.3 Å². The third kappa shape index (κ3) is 16.6. The van der Waals surface area contributed by atoms with Crippen molar-refractivity contribution in [3.05, 3.63) is 35.9 Å². The molecule has 0 bridgehead atoms. The van der Waals surface area contributed by atoms with Gasteiger partial charge in [0, 0.05) is 25.5 Å². The van der Waals surface area contributed by atoms with Crippen molar-refractivity contribution in [1.82, 2.24) is 0 Å². The van der Waals surface area contributed by atoms with Crippen molar-refractivity contribution in [2.75, 3.05) is 13.7 Å². The molecule has 50 heavy (non-hydrogen) atoms. The Morgan fingerprint density at radius 1 is 0.600 bits per heavy atom. The monoisotopic (exact) mass is 703 g/mol. The zero-order valence-corrected chi connectivity index (χ0v) is 31.8. The average molecular weight is 703 g/mol. The van der Waals surface area contributed by atoms with Gasteiger partial charge in [0.05, 0.1) is 6.61 Å². The van der Waals surface area contributed by atoms with Gasteiger partial charge in [0.2, 0.25) is 0 Å². The summed E-state index contributed by atoms with van der Waals surface area (Å²) in [5.74, 6) is -0.660. The maximum atomic E-state index is 13.3. The second-order valence-electron chi connectivity index (χ2n) is 14.4. The summed E-state index contributed by atoms with van der Waals surface area (Å²) in [6.45, 7) is 4.73. The van der Waals surface area contributed by atoms with Crippen molar-refractivity contribution in [2.45, 2.75) is 205 Å². The molecule has 8 heteroatoms. The lowest BCUT2D eigenvalue weighted by Crippen LogP contribution is -2.64. The fraction of sp³-hybridized carbons (Fsp3) is 0.810. The summed E-state index contributed by atoms with van der Waals surface area (Å²) < 4.78 is 36.4. The first kappa shape index (κ1) is 42.4. The van der Waals surface area contributed by atoms with Crippen LogP contribution in [0.3, 0.4) is 0 Å². The molecule has 1 aromatic carbocycles. The molecule has 0 saturated carbocycles. The van der Waals surface area contributed by atoms with Crippen LogP contribution in [0.25, 0.3) is 0 Å². The number of esters is 2. The Morgan fingerprint density at radius 2 is 1.04 bits per heavy atom. The van der Waals surface area contributed by atoms with Gasteiger partial charge in [-0.1, -0.05) is 173 Å². The predicted octanol–water partition coefficient (Wildman–Crippen LogP) is 10.7. The summed E-state index contributed by atoms with van der Waals surface area (Å²) in [6.07, 6.45) is 22.5. The highest BCUT2D eigenvalue weighted by molar-refractivity contribution is 5.70. The van der Waals surface area contributed by atoms with E-state index in [0.717, 1.165) is 44.1 Å². The minimum atomic E-state index is -0.947. The number of carbonyl (C=O) groups excluding carboxylic acids is 2. The van der Waals surface area contributed by atoms with E-state index in [1.807, 2.05) is 30.3 Å². The molecule has 6 atom stereocenters. The van der Waals surface area contributed by atoms with Gasteiger partial charge >= 0.3 is 11.9 Å². The molecule has 3 rings (SSSR count). The van der Waals surface area contributed by atoms with E-state index in [9.17, 15) is 9.59 Å². The fourth-order valence-electron chi connectivity index (χ4n) is 7.06. The molecule has 0 unspecified atom stereocenters. The molecule has 2 aliphatic heterocycles. The van der Waals surface area contributed by atoms with Crippen molar-refractivity contribution in [3.63, 3.8) is 0 Å². The Morgan fingerprint density at radius 3 is 1.50 bits per heavy atom. The molecule has 0 amide bonds. The highest BCUT2D eigenvalue weighted by Gasteiger charge is 2.54. The number of unbranched alkanes of at least 4 members (excludes halogenated alkanes) is 20. The number of carbonyl (C=O) groups is 2. The maximum absolute atomic E-state index is 13.3. The third-order valence-electron chi connectivity index (χ3n) is 10.1. The molecule has 1 aromatic rings. The van der Waals surface area contributed by atoms with Gasteiger partial charge in [-0.05, 0) is 12.8 Å². The highest BCUT2D eigenvalue weighted by Crippen LogP contribution is 2.37. The number of fused-ring (bicyclic) bond motifs is 1. The molecule has 8 nitrogen and oxygen atoms in total. The van der Waals surface area contributed by atoms with Crippen molar-refractivity contribution < 1.29 is 38.0 Å². The Kier molecular flexibility index (Phi) is 22.7. The standard InChI is InChI=1S/C42H70O8/c1-4-6-8-10-12-14-16-18-20-22-27-31-36(43)48-39-38-35(33-46-41(50-38)34-29-25-24-26-30-34)47-42(45-3)40(39)49-37(44)32-28-23-21-19-17-15-13-11-9-7-5-2/h24-26,29-30,35,38-42H,4-23,27-28,31-33H2,1-3H3/t35-,38-,39+,40-,41-,42-/m1/s1. The second-order valence-corrected chi connectivity index (χ2v) is 14.4. The van der Waals surface area contributed by atoms with E-state index in [1.165, 1.54) is 110 Å². The molecule has 0 radical (unpaired) electrons. The average Bonchev–Trinajstić information content (AvgIpc) is 3.13. The van der Waals surface area contributed by atoms with Crippen LogP contribution in [-0.4, -0.2) is 56.4 Å². The van der Waals surface area contributed by atoms with Gasteiger partial charge in [-0.15, -0.1) is 0 Å². The molecule has 286 valence electrons. The summed E-state index contributed by atoms with van der Waals surface area (Å²) in [5.41, 5.74) is 0.857. The van der Waals surface area contributed by atoms with Gasteiger partial charge in [-0.25, -0.2) is 0 Å². The van der Waals surface area contributed by atoms with E-state index >= 15 is 0 Å². The summed E-state index contributed by atoms with van der Waals surface area (Å²) in [6, 6.07) is 9.66. The highest BCUT2D eigenvalue weighted by atomic mass is 16.8. The predicted molar refractivity (Wildman–Crippen MR) is 198 cm³/mol. The van der Waals surface area contributed by atoms with E-state index in [0.29, 0.717) is 12.8 Å². The van der Waals surface area contributed by atoms with Gasteiger partial charge in [0.1, 0.15) is 12.2 Å². The molecular formula is C42H70O8. The zero-order chi connectivity index (χ0) is 35.7. The molecule has 2 aliphatic rings. The summed E-state index contributed by atoms with van der Waals surface area (Å²) in [4.78, 5) is 26.4. The van der Waals surface area contributed by atoms with Crippen LogP contribution >= 0.6 is 0 Å². The normalized spacial score (nSPS) is 23.3. The quantitative estimate of drug-likeness (QED) is 0.0630. The third-order valence-corrected chi connectivity index (χ3v) is 10.1. The minimum Gasteiger partial charge on any atom is -0.455 e. The first-order valence-electron chi connectivity index (χ1n) is 20.5. The number of hydrogen-bond acceptors (Lipinski definition) is 8. The lowest BCUT2D eigenvalue weighted by atomic mass is 9.97. The molecule has 2 fully saturated rings. The molecular weight excluding hydrogens is 632 g/mol. The van der Waals surface area contributed by atoms with Crippen LogP contribution in [0, 0.1) is 0 Å². The number of benzene rings is 1. The number of hydrogen-bond donors (Lipinski definition) is 0. The maximum Gasteiger partial charge on any atom is 0.306 e. The van der Waals surface area contributed by atoms with Crippen molar-refractivity contribution in [2.24, 2.45) is 0 Å².